The second-order valence-electron chi connectivity index (χ2n) is 4.44. The molecule has 1 saturated heterocycles. The average molecular weight is 259 g/mol. The van der Waals surface area contributed by atoms with E-state index in [-0.39, 0.29) is 22.4 Å². The second-order valence-corrected chi connectivity index (χ2v) is 6.34. The fraction of sp³-hybridized carbons (Fsp3) is 0.500. The smallest absolute Gasteiger partial charge is 0.128 e. The van der Waals surface area contributed by atoms with Gasteiger partial charge >= 0.3 is 0 Å². The lowest BCUT2D eigenvalue weighted by Crippen LogP contribution is -2.41. The summed E-state index contributed by atoms with van der Waals surface area (Å²) in [6.07, 6.45) is 0. The Hall–Kier alpha value is -0.810. The van der Waals surface area contributed by atoms with Gasteiger partial charge in [0.05, 0.1) is 0 Å². The van der Waals surface area contributed by atoms with Crippen molar-refractivity contribution in [1.82, 2.24) is 5.32 Å². The number of benzene rings is 1. The summed E-state index contributed by atoms with van der Waals surface area (Å²) in [4.78, 5) is 0. The number of halogens is 2. The quantitative estimate of drug-likeness (QED) is 0.836. The van der Waals surface area contributed by atoms with E-state index in [1.54, 1.807) is 0 Å². The maximum Gasteiger partial charge on any atom is 0.128 e. The van der Waals surface area contributed by atoms with Gasteiger partial charge < -0.3 is 5.32 Å². The van der Waals surface area contributed by atoms with E-state index in [4.69, 9.17) is 0 Å². The van der Waals surface area contributed by atoms with Crippen LogP contribution in [0.3, 0.4) is 0 Å². The molecule has 3 atom stereocenters. The van der Waals surface area contributed by atoms with Crippen molar-refractivity contribution in [1.29, 1.82) is 0 Å². The van der Waals surface area contributed by atoms with E-state index in [1.807, 2.05) is 6.92 Å². The Balaban J connectivity index is 2.29. The van der Waals surface area contributed by atoms with Crippen molar-refractivity contribution < 1.29 is 13.0 Å². The maximum atomic E-state index is 13.7. The lowest BCUT2D eigenvalue weighted by Gasteiger charge is -2.28. The van der Waals surface area contributed by atoms with Crippen LogP contribution >= 0.6 is 0 Å². The van der Waals surface area contributed by atoms with Crippen LogP contribution in [0.5, 0.6) is 0 Å². The molecule has 0 aliphatic carbocycles. The van der Waals surface area contributed by atoms with Crippen molar-refractivity contribution in [3.8, 4) is 0 Å². The summed E-state index contributed by atoms with van der Waals surface area (Å²) in [6, 6.07) is 2.03. The molecule has 1 aromatic rings. The Morgan fingerprint density at radius 3 is 2.71 bits per heavy atom. The summed E-state index contributed by atoms with van der Waals surface area (Å²) in [5.41, 5.74) is 0.560. The largest absolute Gasteiger partial charge is 0.308 e. The van der Waals surface area contributed by atoms with E-state index in [0.717, 1.165) is 0 Å². The molecule has 0 radical (unpaired) electrons. The zero-order valence-corrected chi connectivity index (χ0v) is 10.6. The van der Waals surface area contributed by atoms with Gasteiger partial charge in [0, 0.05) is 40.0 Å². The van der Waals surface area contributed by atoms with E-state index in [2.05, 4.69) is 5.32 Å². The van der Waals surface area contributed by atoms with E-state index < -0.39 is 22.4 Å². The van der Waals surface area contributed by atoms with Gasteiger partial charge in [0.2, 0.25) is 0 Å². The molecule has 1 fully saturated rings. The maximum absolute atomic E-state index is 13.7. The van der Waals surface area contributed by atoms with Gasteiger partial charge in [-0.1, -0.05) is 0 Å². The highest BCUT2D eigenvalue weighted by atomic mass is 32.2. The van der Waals surface area contributed by atoms with Crippen LogP contribution in [0.25, 0.3) is 0 Å². The minimum absolute atomic E-state index is 0.0598. The molecule has 2 rings (SSSR count). The lowest BCUT2D eigenvalue weighted by molar-refractivity contribution is 0.502. The first kappa shape index (κ1) is 12.6. The van der Waals surface area contributed by atoms with Crippen LogP contribution < -0.4 is 5.32 Å². The van der Waals surface area contributed by atoms with Crippen LogP contribution in [0.1, 0.15) is 24.1 Å². The van der Waals surface area contributed by atoms with Gasteiger partial charge in [-0.3, -0.25) is 4.21 Å². The van der Waals surface area contributed by atoms with Gasteiger partial charge in [0.25, 0.3) is 0 Å². The lowest BCUT2D eigenvalue weighted by atomic mass is 10.0. The molecule has 17 heavy (non-hydrogen) atoms. The third kappa shape index (κ3) is 2.55. The minimum atomic E-state index is -0.987. The molecule has 1 aromatic carbocycles. The first-order valence-electron chi connectivity index (χ1n) is 5.55. The summed E-state index contributed by atoms with van der Waals surface area (Å²) in [6.45, 7) is 3.97. The average Bonchev–Trinajstić information content (AvgIpc) is 2.27. The Kier molecular flexibility index (Phi) is 3.58. The van der Waals surface area contributed by atoms with E-state index >= 15 is 0 Å². The molecule has 94 valence electrons. The summed E-state index contributed by atoms with van der Waals surface area (Å²) in [5, 5.41) is 3.16. The highest BCUT2D eigenvalue weighted by molar-refractivity contribution is 7.85. The number of aryl methyl sites for hydroxylation is 1. The molecule has 0 aromatic heterocycles. The summed E-state index contributed by atoms with van der Waals surface area (Å²) >= 11 is 0. The normalized spacial score (nSPS) is 29.3. The van der Waals surface area contributed by atoms with Gasteiger partial charge in [-0.2, -0.15) is 0 Å². The molecule has 0 spiro atoms. The van der Waals surface area contributed by atoms with Crippen molar-refractivity contribution in [2.24, 2.45) is 0 Å². The molecule has 1 heterocycles. The molecular formula is C12H15F2NOS. The topological polar surface area (TPSA) is 29.1 Å². The monoisotopic (exact) mass is 259 g/mol. The molecule has 1 aliphatic rings. The molecular weight excluding hydrogens is 244 g/mol. The van der Waals surface area contributed by atoms with E-state index in [0.29, 0.717) is 12.3 Å². The van der Waals surface area contributed by atoms with Crippen LogP contribution in [-0.4, -0.2) is 21.8 Å². The predicted octanol–water partition coefficient (Wildman–Crippen LogP) is 2.05. The molecule has 0 amide bonds. The van der Waals surface area contributed by atoms with Gasteiger partial charge in [-0.15, -0.1) is 0 Å². The van der Waals surface area contributed by atoms with Crippen molar-refractivity contribution in [3.05, 3.63) is 34.9 Å². The summed E-state index contributed by atoms with van der Waals surface area (Å²) in [5.74, 6) is -0.527. The van der Waals surface area contributed by atoms with Crippen LogP contribution in [0, 0.1) is 18.6 Å². The van der Waals surface area contributed by atoms with E-state index in [1.165, 1.54) is 19.1 Å². The van der Waals surface area contributed by atoms with Crippen molar-refractivity contribution >= 4 is 10.8 Å². The standard InChI is InChI=1S/C12H15F2NOS/c1-7-3-11(14)9(4-10(7)13)12-6-17(16)8(2)5-15-12/h3-4,8,12,15H,5-6H2,1-2H3. The first-order valence-corrected chi connectivity index (χ1v) is 6.93. The van der Waals surface area contributed by atoms with Crippen molar-refractivity contribution in [3.63, 3.8) is 0 Å². The summed E-state index contributed by atoms with van der Waals surface area (Å²) < 4.78 is 38.8. The predicted molar refractivity (Wildman–Crippen MR) is 64.3 cm³/mol. The van der Waals surface area contributed by atoms with Gasteiger partial charge in [-0.25, -0.2) is 8.78 Å². The summed E-state index contributed by atoms with van der Waals surface area (Å²) in [7, 11) is -0.987. The van der Waals surface area contributed by atoms with Crippen molar-refractivity contribution in [2.45, 2.75) is 25.1 Å². The Bertz CT molecular complexity index is 464. The van der Waals surface area contributed by atoms with Crippen LogP contribution in [-0.2, 0) is 10.8 Å². The fourth-order valence-electron chi connectivity index (χ4n) is 1.92. The van der Waals surface area contributed by atoms with Gasteiger partial charge in [0.1, 0.15) is 11.6 Å². The highest BCUT2D eigenvalue weighted by Gasteiger charge is 2.27. The number of nitrogens with one attached hydrogen (secondary N) is 1. The zero-order chi connectivity index (χ0) is 12.6. The van der Waals surface area contributed by atoms with Crippen LogP contribution in [0.4, 0.5) is 8.78 Å². The van der Waals surface area contributed by atoms with Crippen LogP contribution in [0.2, 0.25) is 0 Å². The third-order valence-corrected chi connectivity index (χ3v) is 4.81. The Morgan fingerprint density at radius 2 is 2.06 bits per heavy atom. The Morgan fingerprint density at radius 1 is 1.35 bits per heavy atom. The molecule has 5 heteroatoms. The molecule has 0 saturated carbocycles. The molecule has 2 nitrogen and oxygen atoms in total. The fourth-order valence-corrected chi connectivity index (χ4v) is 3.15. The first-order chi connectivity index (χ1) is 7.99. The number of rotatable bonds is 1. The number of hydrogen-bond donors (Lipinski definition) is 1. The van der Waals surface area contributed by atoms with Crippen LogP contribution in [0.15, 0.2) is 12.1 Å². The van der Waals surface area contributed by atoms with Gasteiger partial charge in [0.15, 0.2) is 0 Å². The molecule has 3 unspecified atom stereocenters. The SMILES string of the molecule is Cc1cc(F)c(C2CS(=O)C(C)CN2)cc1F. The van der Waals surface area contributed by atoms with Crippen molar-refractivity contribution in [2.75, 3.05) is 12.3 Å². The van der Waals surface area contributed by atoms with Gasteiger partial charge in [-0.05, 0) is 31.5 Å². The molecule has 1 aliphatic heterocycles. The Labute approximate surface area is 102 Å². The second kappa shape index (κ2) is 4.82. The van der Waals surface area contributed by atoms with E-state index in [9.17, 15) is 13.0 Å². The molecule has 0 bridgehead atoms. The zero-order valence-electron chi connectivity index (χ0n) is 9.80. The molecule has 1 N–H and O–H groups in total. The highest BCUT2D eigenvalue weighted by Crippen LogP contribution is 2.24. The minimum Gasteiger partial charge on any atom is -0.308 e. The third-order valence-electron chi connectivity index (χ3n) is 3.08. The number of hydrogen-bond acceptors (Lipinski definition) is 2.